The molecule has 0 amide bonds. The molecule has 1 aromatic heterocycles. The number of ether oxygens (including phenoxy) is 1. The van der Waals surface area contributed by atoms with E-state index in [9.17, 15) is 4.79 Å². The number of hydrogen-bond donors (Lipinski definition) is 0. The number of ketones is 1. The zero-order chi connectivity index (χ0) is 16.9. The first-order valence-electron chi connectivity index (χ1n) is 7.50. The molecule has 0 saturated heterocycles. The number of nitrogens with zero attached hydrogens (tertiary/aromatic N) is 2. The lowest BCUT2D eigenvalue weighted by molar-refractivity contribution is 0.0988. The van der Waals surface area contributed by atoms with E-state index in [0.29, 0.717) is 29.5 Å². The minimum absolute atomic E-state index is 0.108. The first kappa shape index (κ1) is 16.4. The van der Waals surface area contributed by atoms with Crippen LogP contribution in [0.2, 0.25) is 0 Å². The number of halogens is 1. The molecule has 3 rings (SSSR count). The van der Waals surface area contributed by atoms with E-state index in [1.807, 2.05) is 31.2 Å². The lowest BCUT2D eigenvalue weighted by Gasteiger charge is -2.04. The standard InChI is InChI=1S/C18H15BrN2O3/c1-2-16(22)12-7-9-13(10-8-12)23-11-17-20-21-18(24-17)14-5-3-4-6-15(14)19/h3-10H,2,11H2,1H3. The molecule has 0 aliphatic heterocycles. The van der Waals surface area contributed by atoms with Gasteiger partial charge in [0.05, 0.1) is 5.56 Å². The number of aromatic nitrogens is 2. The molecule has 0 aliphatic rings. The highest BCUT2D eigenvalue weighted by molar-refractivity contribution is 9.10. The van der Waals surface area contributed by atoms with E-state index in [0.717, 1.165) is 10.0 Å². The molecular formula is C18H15BrN2O3. The third-order valence-corrected chi connectivity index (χ3v) is 4.12. The van der Waals surface area contributed by atoms with Crippen LogP contribution < -0.4 is 4.74 Å². The fourth-order valence-corrected chi connectivity index (χ4v) is 2.60. The van der Waals surface area contributed by atoms with Crippen molar-refractivity contribution in [1.29, 1.82) is 0 Å². The van der Waals surface area contributed by atoms with Crippen molar-refractivity contribution in [3.63, 3.8) is 0 Å². The van der Waals surface area contributed by atoms with E-state index in [-0.39, 0.29) is 12.4 Å². The Labute approximate surface area is 147 Å². The van der Waals surface area contributed by atoms with Gasteiger partial charge in [-0.05, 0) is 52.3 Å². The molecule has 0 radical (unpaired) electrons. The van der Waals surface area contributed by atoms with Gasteiger partial charge in [-0.25, -0.2) is 0 Å². The summed E-state index contributed by atoms with van der Waals surface area (Å²) in [5.41, 5.74) is 1.51. The maximum Gasteiger partial charge on any atom is 0.254 e. The first-order chi connectivity index (χ1) is 11.7. The molecule has 0 fully saturated rings. The Morgan fingerprint density at radius 2 is 1.88 bits per heavy atom. The molecule has 0 saturated carbocycles. The minimum Gasteiger partial charge on any atom is -0.484 e. The van der Waals surface area contributed by atoms with E-state index in [1.165, 1.54) is 0 Å². The summed E-state index contributed by atoms with van der Waals surface area (Å²) < 4.78 is 12.1. The lowest BCUT2D eigenvalue weighted by Crippen LogP contribution is -1.98. The average molecular weight is 387 g/mol. The van der Waals surface area contributed by atoms with Gasteiger partial charge < -0.3 is 9.15 Å². The van der Waals surface area contributed by atoms with Crippen LogP contribution in [-0.2, 0) is 6.61 Å². The molecule has 2 aromatic carbocycles. The van der Waals surface area contributed by atoms with Crippen LogP contribution in [0.1, 0.15) is 29.6 Å². The van der Waals surface area contributed by atoms with Gasteiger partial charge in [-0.1, -0.05) is 19.1 Å². The van der Waals surface area contributed by atoms with Gasteiger partial charge in [-0.3, -0.25) is 4.79 Å². The van der Waals surface area contributed by atoms with Crippen LogP contribution in [0, 0.1) is 0 Å². The van der Waals surface area contributed by atoms with Crippen molar-refractivity contribution in [3.8, 4) is 17.2 Å². The number of Topliss-reactive ketones (excluding diaryl/α,β-unsaturated/α-hetero) is 1. The zero-order valence-electron chi connectivity index (χ0n) is 13.0. The quantitative estimate of drug-likeness (QED) is 0.575. The monoisotopic (exact) mass is 386 g/mol. The third-order valence-electron chi connectivity index (χ3n) is 3.43. The van der Waals surface area contributed by atoms with Crippen LogP contribution in [-0.4, -0.2) is 16.0 Å². The Balaban J connectivity index is 1.65. The molecule has 0 bridgehead atoms. The molecular weight excluding hydrogens is 372 g/mol. The lowest BCUT2D eigenvalue weighted by atomic mass is 10.1. The largest absolute Gasteiger partial charge is 0.484 e. The normalized spacial score (nSPS) is 10.6. The number of carbonyl (C=O) groups is 1. The average Bonchev–Trinajstić information content (AvgIpc) is 3.09. The summed E-state index contributed by atoms with van der Waals surface area (Å²) in [5.74, 6) is 1.57. The Kier molecular flexibility index (Phi) is 5.05. The van der Waals surface area contributed by atoms with Crippen molar-refractivity contribution in [2.45, 2.75) is 20.0 Å². The van der Waals surface area contributed by atoms with Crippen LogP contribution in [0.15, 0.2) is 57.4 Å². The summed E-state index contributed by atoms with van der Waals surface area (Å²) in [6.07, 6.45) is 0.486. The summed E-state index contributed by atoms with van der Waals surface area (Å²) in [6, 6.07) is 14.6. The highest BCUT2D eigenvalue weighted by Gasteiger charge is 2.11. The van der Waals surface area contributed by atoms with E-state index in [4.69, 9.17) is 9.15 Å². The Hall–Kier alpha value is -2.47. The van der Waals surface area contributed by atoms with Crippen molar-refractivity contribution in [3.05, 3.63) is 64.5 Å². The van der Waals surface area contributed by atoms with Crippen molar-refractivity contribution in [1.82, 2.24) is 10.2 Å². The predicted molar refractivity (Wildman–Crippen MR) is 92.8 cm³/mol. The van der Waals surface area contributed by atoms with Gasteiger partial charge in [0.25, 0.3) is 5.89 Å². The van der Waals surface area contributed by atoms with Gasteiger partial charge in [-0.2, -0.15) is 0 Å². The van der Waals surface area contributed by atoms with E-state index in [1.54, 1.807) is 24.3 Å². The van der Waals surface area contributed by atoms with Crippen LogP contribution in [0.4, 0.5) is 0 Å². The van der Waals surface area contributed by atoms with Crippen LogP contribution in [0.5, 0.6) is 5.75 Å². The molecule has 6 heteroatoms. The van der Waals surface area contributed by atoms with Gasteiger partial charge in [0, 0.05) is 16.5 Å². The van der Waals surface area contributed by atoms with Crippen molar-refractivity contribution >= 4 is 21.7 Å². The maximum atomic E-state index is 11.6. The number of hydrogen-bond acceptors (Lipinski definition) is 5. The predicted octanol–water partition coefficient (Wildman–Crippen LogP) is 4.67. The third kappa shape index (κ3) is 3.71. The van der Waals surface area contributed by atoms with Crippen LogP contribution in [0.3, 0.4) is 0 Å². The van der Waals surface area contributed by atoms with Gasteiger partial charge >= 0.3 is 0 Å². The summed E-state index contributed by atoms with van der Waals surface area (Å²) in [6.45, 7) is 2.00. The fourth-order valence-electron chi connectivity index (χ4n) is 2.14. The number of carbonyl (C=O) groups excluding carboxylic acids is 1. The minimum atomic E-state index is 0.108. The molecule has 0 N–H and O–H groups in total. The number of benzene rings is 2. The smallest absolute Gasteiger partial charge is 0.254 e. The molecule has 24 heavy (non-hydrogen) atoms. The highest BCUT2D eigenvalue weighted by Crippen LogP contribution is 2.26. The van der Waals surface area contributed by atoms with Crippen LogP contribution in [0.25, 0.3) is 11.5 Å². The Morgan fingerprint density at radius 3 is 2.58 bits per heavy atom. The van der Waals surface area contributed by atoms with E-state index < -0.39 is 0 Å². The molecule has 122 valence electrons. The summed E-state index contributed by atoms with van der Waals surface area (Å²) in [5, 5.41) is 8.03. The summed E-state index contributed by atoms with van der Waals surface area (Å²) in [7, 11) is 0. The van der Waals surface area contributed by atoms with Crippen molar-refractivity contribution in [2.24, 2.45) is 0 Å². The zero-order valence-corrected chi connectivity index (χ0v) is 14.6. The van der Waals surface area contributed by atoms with E-state index in [2.05, 4.69) is 26.1 Å². The maximum absolute atomic E-state index is 11.6. The SMILES string of the molecule is CCC(=O)c1ccc(OCc2nnc(-c3ccccc3Br)o2)cc1. The molecule has 3 aromatic rings. The second kappa shape index (κ2) is 7.40. The van der Waals surface area contributed by atoms with Crippen LogP contribution >= 0.6 is 15.9 Å². The molecule has 0 aliphatic carbocycles. The molecule has 0 unspecified atom stereocenters. The molecule has 0 spiro atoms. The van der Waals surface area contributed by atoms with E-state index >= 15 is 0 Å². The van der Waals surface area contributed by atoms with Gasteiger partial charge in [-0.15, -0.1) is 10.2 Å². The van der Waals surface area contributed by atoms with Gasteiger partial charge in [0.2, 0.25) is 5.89 Å². The first-order valence-corrected chi connectivity index (χ1v) is 8.30. The summed E-state index contributed by atoms with van der Waals surface area (Å²) in [4.78, 5) is 11.6. The number of rotatable bonds is 6. The molecule has 1 heterocycles. The fraction of sp³-hybridized carbons (Fsp3) is 0.167. The topological polar surface area (TPSA) is 65.2 Å². The molecule has 0 atom stereocenters. The molecule has 5 nitrogen and oxygen atoms in total. The Bertz CT molecular complexity index is 843. The summed E-state index contributed by atoms with van der Waals surface area (Å²) >= 11 is 3.46. The second-order valence-electron chi connectivity index (χ2n) is 5.07. The highest BCUT2D eigenvalue weighted by atomic mass is 79.9. The Morgan fingerprint density at radius 1 is 1.12 bits per heavy atom. The van der Waals surface area contributed by atoms with Crippen molar-refractivity contribution < 1.29 is 13.9 Å². The van der Waals surface area contributed by atoms with Gasteiger partial charge in [0.1, 0.15) is 5.75 Å². The van der Waals surface area contributed by atoms with Gasteiger partial charge in [0.15, 0.2) is 12.4 Å². The second-order valence-corrected chi connectivity index (χ2v) is 5.92. The van der Waals surface area contributed by atoms with Crippen molar-refractivity contribution in [2.75, 3.05) is 0 Å².